The van der Waals surface area contributed by atoms with Gasteiger partial charge in [0, 0.05) is 19.0 Å². The summed E-state index contributed by atoms with van der Waals surface area (Å²) in [5.41, 5.74) is 3.22. The number of aliphatic hydroxyl groups excluding tert-OH is 2. The molecule has 0 bridgehead atoms. The number of hydrogen-bond acceptors (Lipinski definition) is 8. The molecule has 2 aromatic heterocycles. The van der Waals surface area contributed by atoms with Crippen molar-refractivity contribution in [1.82, 2.24) is 19.6 Å². The van der Waals surface area contributed by atoms with Crippen molar-refractivity contribution >= 4 is 23.0 Å². The van der Waals surface area contributed by atoms with Gasteiger partial charge in [-0.15, -0.1) is 0 Å². The molecule has 1 saturated heterocycles. The molecule has 4 aromatic rings. The number of amides is 1. The van der Waals surface area contributed by atoms with Crippen molar-refractivity contribution < 1.29 is 19.7 Å². The molecule has 1 aliphatic heterocycles. The lowest BCUT2D eigenvalue weighted by Crippen LogP contribution is -2.50. The predicted molar refractivity (Wildman–Crippen MR) is 134 cm³/mol. The van der Waals surface area contributed by atoms with Crippen LogP contribution in [0.4, 0.5) is 5.95 Å². The third kappa shape index (κ3) is 4.53. The van der Waals surface area contributed by atoms with Crippen molar-refractivity contribution in [2.45, 2.75) is 31.2 Å². The molecule has 0 aliphatic carbocycles. The minimum absolute atomic E-state index is 0.0210. The number of hydrogen-bond donors (Lipinski definition) is 3. The Morgan fingerprint density at radius 1 is 1.14 bits per heavy atom. The molecular weight excluding hydrogens is 460 g/mol. The van der Waals surface area contributed by atoms with Crippen LogP contribution in [-0.4, -0.2) is 73.8 Å². The maximum atomic E-state index is 13.4. The van der Waals surface area contributed by atoms with E-state index in [1.165, 1.54) is 11.3 Å². The van der Waals surface area contributed by atoms with Gasteiger partial charge in [0.05, 0.1) is 12.8 Å². The first-order valence-electron chi connectivity index (χ1n) is 11.9. The molecule has 0 radical (unpaired) electrons. The van der Waals surface area contributed by atoms with Gasteiger partial charge in [0.2, 0.25) is 5.95 Å². The number of rotatable bonds is 8. The molecule has 0 spiro atoms. The highest BCUT2D eigenvalue weighted by Gasteiger charge is 2.42. The Hall–Kier alpha value is -3.86. The van der Waals surface area contributed by atoms with Crippen molar-refractivity contribution in [1.29, 1.82) is 0 Å². The van der Waals surface area contributed by atoms with Crippen LogP contribution in [0.3, 0.4) is 0 Å². The molecule has 2 aromatic carbocycles. The highest BCUT2D eigenvalue weighted by Crippen LogP contribution is 2.27. The van der Waals surface area contributed by atoms with Crippen molar-refractivity contribution in [2.24, 2.45) is 0 Å². The number of fused-ring (bicyclic) bond motifs is 1. The first-order valence-corrected chi connectivity index (χ1v) is 11.9. The minimum Gasteiger partial charge on any atom is -0.388 e. The first-order chi connectivity index (χ1) is 17.6. The van der Waals surface area contributed by atoms with Crippen LogP contribution < -0.4 is 10.3 Å². The van der Waals surface area contributed by atoms with Gasteiger partial charge in [-0.3, -0.25) is 4.79 Å². The summed E-state index contributed by atoms with van der Waals surface area (Å²) in [6.07, 6.45) is -0.640. The maximum Gasteiger partial charge on any atom is 0.273 e. The number of carbonyl (C=O) groups excluding carboxylic acids is 1. The fourth-order valence-corrected chi connectivity index (χ4v) is 4.52. The number of nitrogens with zero attached hydrogens (tertiary/aromatic N) is 5. The Morgan fingerprint density at radius 2 is 1.81 bits per heavy atom. The van der Waals surface area contributed by atoms with E-state index >= 15 is 0 Å². The lowest BCUT2D eigenvalue weighted by Gasteiger charge is -2.28. The van der Waals surface area contributed by atoms with Crippen molar-refractivity contribution in [3.63, 3.8) is 0 Å². The van der Waals surface area contributed by atoms with E-state index in [0.717, 1.165) is 11.1 Å². The van der Waals surface area contributed by atoms with E-state index in [0.29, 0.717) is 23.7 Å². The maximum absolute atomic E-state index is 13.4. The highest BCUT2D eigenvalue weighted by atomic mass is 16.5. The van der Waals surface area contributed by atoms with Crippen LogP contribution in [0, 0.1) is 0 Å². The summed E-state index contributed by atoms with van der Waals surface area (Å²) in [6, 6.07) is 20.3. The van der Waals surface area contributed by atoms with E-state index in [-0.39, 0.29) is 19.1 Å². The molecule has 3 atom stereocenters. The van der Waals surface area contributed by atoms with Gasteiger partial charge in [-0.05, 0) is 18.1 Å². The number of aliphatic hydroxyl groups is 2. The smallest absolute Gasteiger partial charge is 0.273 e. The molecule has 186 valence electrons. The lowest BCUT2D eigenvalue weighted by molar-refractivity contribution is -0.132. The van der Waals surface area contributed by atoms with Crippen molar-refractivity contribution in [2.75, 3.05) is 30.0 Å². The van der Waals surface area contributed by atoms with Gasteiger partial charge in [0.1, 0.15) is 24.1 Å². The van der Waals surface area contributed by atoms with Crippen LogP contribution >= 0.6 is 0 Å². The monoisotopic (exact) mass is 488 g/mol. The zero-order valence-corrected chi connectivity index (χ0v) is 19.8. The van der Waals surface area contributed by atoms with Gasteiger partial charge in [-0.25, -0.2) is 20.0 Å². The van der Waals surface area contributed by atoms with Crippen LogP contribution in [0.5, 0.6) is 0 Å². The summed E-state index contributed by atoms with van der Waals surface area (Å²) in [5.74, 6) is -0.0663. The van der Waals surface area contributed by atoms with E-state index in [9.17, 15) is 15.0 Å². The SMILES string of the molecule is CCN(C(=O)[C@H]1OC[C@H](O)[C@@H]1O)n1c(NCC(c2ccccc2)c2ccccc2)nc2cncnc21. The fourth-order valence-electron chi connectivity index (χ4n) is 4.52. The third-order valence-corrected chi connectivity index (χ3v) is 6.36. The summed E-state index contributed by atoms with van der Waals surface area (Å²) >= 11 is 0. The average Bonchev–Trinajstić information content (AvgIpc) is 3.45. The highest BCUT2D eigenvalue weighted by molar-refractivity contribution is 5.93. The zero-order valence-electron chi connectivity index (χ0n) is 19.8. The molecule has 1 aliphatic rings. The first kappa shape index (κ1) is 23.9. The van der Waals surface area contributed by atoms with Gasteiger partial charge in [-0.2, -0.15) is 4.68 Å². The summed E-state index contributed by atoms with van der Waals surface area (Å²) in [6.45, 7) is 2.45. The van der Waals surface area contributed by atoms with Crippen LogP contribution in [0.1, 0.15) is 24.0 Å². The quantitative estimate of drug-likeness (QED) is 0.342. The van der Waals surface area contributed by atoms with Gasteiger partial charge in [-0.1, -0.05) is 60.7 Å². The lowest BCUT2D eigenvalue weighted by atomic mass is 9.91. The molecule has 1 fully saturated rings. The van der Waals surface area contributed by atoms with Gasteiger partial charge in [0.15, 0.2) is 11.8 Å². The molecule has 5 rings (SSSR count). The normalized spacial score (nSPS) is 19.6. The largest absolute Gasteiger partial charge is 0.388 e. The van der Waals surface area contributed by atoms with Crippen LogP contribution in [0.25, 0.3) is 11.2 Å². The number of likely N-dealkylation sites (N-methyl/N-ethyl adjacent to an activating group) is 1. The van der Waals surface area contributed by atoms with E-state index in [1.807, 2.05) is 43.3 Å². The van der Waals surface area contributed by atoms with Crippen molar-refractivity contribution in [3.05, 3.63) is 84.3 Å². The third-order valence-electron chi connectivity index (χ3n) is 6.36. The molecular formula is C26H28N6O4. The summed E-state index contributed by atoms with van der Waals surface area (Å²) in [7, 11) is 0. The van der Waals surface area contributed by atoms with E-state index < -0.39 is 24.2 Å². The van der Waals surface area contributed by atoms with Crippen molar-refractivity contribution in [3.8, 4) is 0 Å². The summed E-state index contributed by atoms with van der Waals surface area (Å²) < 4.78 is 7.00. The van der Waals surface area contributed by atoms with E-state index in [1.54, 1.807) is 10.9 Å². The summed E-state index contributed by atoms with van der Waals surface area (Å²) in [5, 5.41) is 25.0. The second-order valence-corrected chi connectivity index (χ2v) is 8.60. The second-order valence-electron chi connectivity index (χ2n) is 8.60. The van der Waals surface area contributed by atoms with Gasteiger partial charge >= 0.3 is 0 Å². The molecule has 3 N–H and O–H groups in total. The molecule has 0 saturated carbocycles. The molecule has 10 heteroatoms. The second kappa shape index (κ2) is 10.4. The van der Waals surface area contributed by atoms with E-state index in [4.69, 9.17) is 4.74 Å². The van der Waals surface area contributed by atoms with Gasteiger partial charge in [0.25, 0.3) is 5.91 Å². The standard InChI is InChI=1S/C26H28N6O4/c1-2-31(25(35)23-22(34)21(33)15-36-23)32-24-20(14-27-16-29-24)30-26(32)28-13-19(17-9-5-3-6-10-17)18-11-7-4-8-12-18/h3-12,14,16,19,21-23,33-34H,2,13,15H2,1H3,(H,28,30)/t21-,22-,23-/m0/s1. The molecule has 0 unspecified atom stereocenters. The number of carbonyl (C=O) groups is 1. The number of imidazole rings is 1. The Bertz CT molecular complexity index is 1280. The van der Waals surface area contributed by atoms with E-state index in [2.05, 4.69) is 44.5 Å². The zero-order chi connectivity index (χ0) is 25.1. The number of anilines is 1. The van der Waals surface area contributed by atoms with Crippen LogP contribution in [0.15, 0.2) is 73.2 Å². The topological polar surface area (TPSA) is 126 Å². The predicted octanol–water partition coefficient (Wildman–Crippen LogP) is 1.68. The number of ether oxygens (including phenoxy) is 1. The number of aromatic nitrogens is 4. The Kier molecular flexibility index (Phi) is 6.90. The fraction of sp³-hybridized carbons (Fsp3) is 0.308. The van der Waals surface area contributed by atoms with Crippen LogP contribution in [-0.2, 0) is 9.53 Å². The number of benzene rings is 2. The Balaban J connectivity index is 1.50. The molecule has 10 nitrogen and oxygen atoms in total. The Labute approximate surface area is 208 Å². The average molecular weight is 489 g/mol. The summed E-state index contributed by atoms with van der Waals surface area (Å²) in [4.78, 5) is 26.5. The molecule has 36 heavy (non-hydrogen) atoms. The molecule has 3 heterocycles. The number of nitrogens with one attached hydrogen (secondary N) is 1. The Morgan fingerprint density at radius 3 is 2.39 bits per heavy atom. The molecule has 1 amide bonds. The van der Waals surface area contributed by atoms with Crippen LogP contribution in [0.2, 0.25) is 0 Å². The van der Waals surface area contributed by atoms with Gasteiger partial charge < -0.3 is 20.3 Å². The minimum atomic E-state index is -1.31.